The molecule has 7 nitrogen and oxygen atoms in total. The number of carbonyl (C=O) groups is 1. The molecule has 1 amide bonds. The van der Waals surface area contributed by atoms with Gasteiger partial charge in [0.1, 0.15) is 11.3 Å². The summed E-state index contributed by atoms with van der Waals surface area (Å²) < 4.78 is 10.9. The summed E-state index contributed by atoms with van der Waals surface area (Å²) in [7, 11) is 3.73. The van der Waals surface area contributed by atoms with Crippen molar-refractivity contribution in [3.05, 3.63) is 29.8 Å². The molecule has 2 aliphatic heterocycles. The van der Waals surface area contributed by atoms with Gasteiger partial charge in [-0.1, -0.05) is 5.16 Å². The Morgan fingerprint density at radius 2 is 1.93 bits per heavy atom. The SMILES string of the molecule is COc1ccc(-c2onc(N3CCCC3)c2C(=O)NC2CCCN(C)C2)cc1. The molecule has 2 aromatic rings. The fourth-order valence-electron chi connectivity index (χ4n) is 4.11. The molecule has 1 atom stereocenters. The maximum absolute atomic E-state index is 13.3. The third-order valence-electron chi connectivity index (χ3n) is 5.62. The van der Waals surface area contributed by atoms with E-state index in [4.69, 9.17) is 9.26 Å². The lowest BCUT2D eigenvalue weighted by molar-refractivity contribution is 0.0913. The highest BCUT2D eigenvalue weighted by Crippen LogP contribution is 2.34. The van der Waals surface area contributed by atoms with E-state index in [2.05, 4.69) is 27.3 Å². The number of rotatable bonds is 5. The highest BCUT2D eigenvalue weighted by atomic mass is 16.5. The summed E-state index contributed by atoms with van der Waals surface area (Å²) in [6, 6.07) is 7.68. The first-order valence-electron chi connectivity index (χ1n) is 10.0. The molecule has 2 aliphatic rings. The van der Waals surface area contributed by atoms with Gasteiger partial charge in [-0.25, -0.2) is 0 Å². The Kier molecular flexibility index (Phi) is 5.52. The van der Waals surface area contributed by atoms with Crippen molar-refractivity contribution in [3.8, 4) is 17.1 Å². The number of amides is 1. The summed E-state index contributed by atoms with van der Waals surface area (Å²) in [5, 5.41) is 7.51. The van der Waals surface area contributed by atoms with Gasteiger partial charge in [-0.2, -0.15) is 0 Å². The second kappa shape index (κ2) is 8.22. The zero-order valence-electron chi connectivity index (χ0n) is 16.6. The van der Waals surface area contributed by atoms with Gasteiger partial charge in [0.25, 0.3) is 5.91 Å². The Morgan fingerprint density at radius 3 is 2.61 bits per heavy atom. The van der Waals surface area contributed by atoms with Crippen molar-refractivity contribution in [3.63, 3.8) is 0 Å². The monoisotopic (exact) mass is 384 g/mol. The van der Waals surface area contributed by atoms with Crippen molar-refractivity contribution < 1.29 is 14.1 Å². The van der Waals surface area contributed by atoms with E-state index in [0.717, 1.165) is 63.2 Å². The number of aromatic nitrogens is 1. The Hall–Kier alpha value is -2.54. The minimum atomic E-state index is -0.103. The minimum Gasteiger partial charge on any atom is -0.497 e. The van der Waals surface area contributed by atoms with Crippen LogP contribution in [0.4, 0.5) is 5.82 Å². The third kappa shape index (κ3) is 3.85. The standard InChI is InChI=1S/C21H28N4O3/c1-24-11-5-6-16(14-24)22-21(26)18-19(15-7-9-17(27-2)10-8-15)28-23-20(18)25-12-3-4-13-25/h7-10,16H,3-6,11-14H2,1-2H3,(H,22,26). The molecule has 0 saturated carbocycles. The number of ether oxygens (including phenoxy) is 1. The van der Waals surface area contributed by atoms with Crippen LogP contribution in [0.25, 0.3) is 11.3 Å². The number of likely N-dealkylation sites (tertiary alicyclic amines) is 1. The van der Waals surface area contributed by atoms with E-state index in [1.54, 1.807) is 7.11 Å². The molecule has 3 heterocycles. The van der Waals surface area contributed by atoms with Crippen molar-refractivity contribution in [2.24, 2.45) is 0 Å². The third-order valence-corrected chi connectivity index (χ3v) is 5.62. The quantitative estimate of drug-likeness (QED) is 0.855. The first kappa shape index (κ1) is 18.8. The van der Waals surface area contributed by atoms with E-state index < -0.39 is 0 Å². The van der Waals surface area contributed by atoms with Crippen LogP contribution in [0.3, 0.4) is 0 Å². The van der Waals surface area contributed by atoms with Gasteiger partial charge in [0.05, 0.1) is 7.11 Å². The second-order valence-corrected chi connectivity index (χ2v) is 7.71. The number of benzene rings is 1. The molecule has 1 aromatic heterocycles. The molecule has 0 aliphatic carbocycles. The summed E-state index contributed by atoms with van der Waals surface area (Å²) in [5.41, 5.74) is 1.37. The molecule has 2 fully saturated rings. The number of methoxy groups -OCH3 is 1. The number of nitrogens with zero attached hydrogens (tertiary/aromatic N) is 3. The van der Waals surface area contributed by atoms with Crippen LogP contribution in [0.5, 0.6) is 5.75 Å². The Morgan fingerprint density at radius 1 is 1.18 bits per heavy atom. The Balaban J connectivity index is 1.65. The van der Waals surface area contributed by atoms with Gasteiger partial charge in [-0.05, 0) is 63.5 Å². The fourth-order valence-corrected chi connectivity index (χ4v) is 4.11. The predicted octanol–water partition coefficient (Wildman–Crippen LogP) is 2.77. The predicted molar refractivity (Wildman–Crippen MR) is 108 cm³/mol. The van der Waals surface area contributed by atoms with Crippen molar-refractivity contribution in [1.82, 2.24) is 15.4 Å². The zero-order chi connectivity index (χ0) is 19.5. The summed E-state index contributed by atoms with van der Waals surface area (Å²) in [6.07, 6.45) is 4.31. The van der Waals surface area contributed by atoms with Crippen molar-refractivity contribution >= 4 is 11.7 Å². The second-order valence-electron chi connectivity index (χ2n) is 7.71. The van der Waals surface area contributed by atoms with Gasteiger partial charge in [0.15, 0.2) is 11.6 Å². The molecule has 1 unspecified atom stereocenters. The van der Waals surface area contributed by atoms with E-state index in [-0.39, 0.29) is 11.9 Å². The molecule has 4 rings (SSSR count). The fraction of sp³-hybridized carbons (Fsp3) is 0.524. The Labute approximate surface area is 165 Å². The van der Waals surface area contributed by atoms with Crippen LogP contribution in [-0.2, 0) is 0 Å². The number of likely N-dealkylation sites (N-methyl/N-ethyl adjacent to an activating group) is 1. The lowest BCUT2D eigenvalue weighted by Crippen LogP contribution is -2.46. The summed E-state index contributed by atoms with van der Waals surface area (Å²) >= 11 is 0. The van der Waals surface area contributed by atoms with E-state index in [9.17, 15) is 4.79 Å². The van der Waals surface area contributed by atoms with Crippen LogP contribution in [0, 0.1) is 0 Å². The van der Waals surface area contributed by atoms with Gasteiger partial charge in [0, 0.05) is 31.2 Å². The lowest BCUT2D eigenvalue weighted by Gasteiger charge is -2.30. The van der Waals surface area contributed by atoms with E-state index in [1.165, 1.54) is 0 Å². The topological polar surface area (TPSA) is 70.8 Å². The molecule has 7 heteroatoms. The smallest absolute Gasteiger partial charge is 0.259 e. The number of hydrogen-bond donors (Lipinski definition) is 1. The maximum atomic E-state index is 13.3. The average molecular weight is 384 g/mol. The van der Waals surface area contributed by atoms with E-state index in [0.29, 0.717) is 17.1 Å². The van der Waals surface area contributed by atoms with Crippen molar-refractivity contribution in [2.75, 3.05) is 45.2 Å². The molecular formula is C21H28N4O3. The number of anilines is 1. The number of piperidine rings is 1. The number of hydrogen-bond acceptors (Lipinski definition) is 6. The molecule has 2 saturated heterocycles. The number of carbonyl (C=O) groups excluding carboxylic acids is 1. The van der Waals surface area contributed by atoms with Gasteiger partial charge in [-0.3, -0.25) is 4.79 Å². The van der Waals surface area contributed by atoms with E-state index in [1.807, 2.05) is 24.3 Å². The normalized spacial score (nSPS) is 20.4. The Bertz CT molecular complexity index is 812. The molecular weight excluding hydrogens is 356 g/mol. The van der Waals surface area contributed by atoms with Crippen LogP contribution in [0.15, 0.2) is 28.8 Å². The molecule has 0 bridgehead atoms. The minimum absolute atomic E-state index is 0.103. The van der Waals surface area contributed by atoms with Gasteiger partial charge >= 0.3 is 0 Å². The lowest BCUT2D eigenvalue weighted by atomic mass is 10.0. The average Bonchev–Trinajstić information content (AvgIpc) is 3.37. The maximum Gasteiger partial charge on any atom is 0.259 e. The zero-order valence-corrected chi connectivity index (χ0v) is 16.6. The van der Waals surface area contributed by atoms with Crippen LogP contribution < -0.4 is 15.0 Å². The van der Waals surface area contributed by atoms with Crippen LogP contribution in [0.2, 0.25) is 0 Å². The van der Waals surface area contributed by atoms with E-state index >= 15 is 0 Å². The molecule has 0 radical (unpaired) electrons. The van der Waals surface area contributed by atoms with Gasteiger partial charge in [0.2, 0.25) is 0 Å². The van der Waals surface area contributed by atoms with Crippen molar-refractivity contribution in [2.45, 2.75) is 31.7 Å². The summed E-state index contributed by atoms with van der Waals surface area (Å²) in [4.78, 5) is 17.7. The molecule has 28 heavy (non-hydrogen) atoms. The molecule has 1 N–H and O–H groups in total. The molecule has 150 valence electrons. The highest BCUT2D eigenvalue weighted by molar-refractivity contribution is 6.04. The largest absolute Gasteiger partial charge is 0.497 e. The van der Waals surface area contributed by atoms with Crippen LogP contribution in [0.1, 0.15) is 36.0 Å². The van der Waals surface area contributed by atoms with Crippen LogP contribution >= 0.6 is 0 Å². The van der Waals surface area contributed by atoms with Crippen LogP contribution in [-0.4, -0.2) is 62.3 Å². The first-order valence-corrected chi connectivity index (χ1v) is 10.0. The molecule has 1 aromatic carbocycles. The first-order chi connectivity index (χ1) is 13.7. The molecule has 0 spiro atoms. The highest BCUT2D eigenvalue weighted by Gasteiger charge is 2.30. The van der Waals surface area contributed by atoms with Crippen molar-refractivity contribution in [1.29, 1.82) is 0 Å². The van der Waals surface area contributed by atoms with Gasteiger partial charge in [-0.15, -0.1) is 0 Å². The number of nitrogens with one attached hydrogen (secondary N) is 1. The van der Waals surface area contributed by atoms with Gasteiger partial charge < -0.3 is 24.4 Å². The summed E-state index contributed by atoms with van der Waals surface area (Å²) in [5.74, 6) is 1.84. The summed E-state index contributed by atoms with van der Waals surface area (Å²) in [6.45, 7) is 3.76.